The van der Waals surface area contributed by atoms with Gasteiger partial charge in [0.15, 0.2) is 0 Å². The highest BCUT2D eigenvalue weighted by Gasteiger charge is 2.29. The number of hydrogen-bond donors (Lipinski definition) is 0. The van der Waals surface area contributed by atoms with E-state index in [4.69, 9.17) is 0 Å². The molecule has 6 heteroatoms. The number of carbonyl (C=O) groups excluding carboxylic acids is 1. The summed E-state index contributed by atoms with van der Waals surface area (Å²) in [7, 11) is 0. The van der Waals surface area contributed by atoms with Gasteiger partial charge in [0.1, 0.15) is 0 Å². The number of piperidine rings is 1. The van der Waals surface area contributed by atoms with Gasteiger partial charge in [-0.3, -0.25) is 19.8 Å². The van der Waals surface area contributed by atoms with Crippen molar-refractivity contribution in [2.75, 3.05) is 26.2 Å². The Morgan fingerprint density at radius 1 is 1.13 bits per heavy atom. The van der Waals surface area contributed by atoms with Crippen LogP contribution in [0.5, 0.6) is 0 Å². The number of hydrogen-bond acceptors (Lipinski definition) is 4. The van der Waals surface area contributed by atoms with E-state index in [2.05, 4.69) is 4.90 Å². The van der Waals surface area contributed by atoms with Gasteiger partial charge in [0.05, 0.1) is 11.3 Å². The standard InChI is InChI=1S/C17H23N3O3/c21-17(12-14-5-7-15(8-6-14)20(22)23)19-11-3-4-16(13-19)18-9-1-2-10-18/h5-8,16H,1-4,9-13H2. The molecule has 0 aliphatic carbocycles. The summed E-state index contributed by atoms with van der Waals surface area (Å²) in [6.45, 7) is 3.98. The molecule has 2 fully saturated rings. The fraction of sp³-hybridized carbons (Fsp3) is 0.588. The molecule has 0 radical (unpaired) electrons. The van der Waals surface area contributed by atoms with Crippen LogP contribution in [0.4, 0.5) is 5.69 Å². The molecule has 0 bridgehead atoms. The van der Waals surface area contributed by atoms with Crippen LogP contribution in [0, 0.1) is 10.1 Å². The summed E-state index contributed by atoms with van der Waals surface area (Å²) in [5, 5.41) is 10.7. The molecule has 6 nitrogen and oxygen atoms in total. The first-order chi connectivity index (χ1) is 11.1. The van der Waals surface area contributed by atoms with E-state index in [0.717, 1.165) is 38.2 Å². The Bertz CT molecular complexity index is 567. The summed E-state index contributed by atoms with van der Waals surface area (Å²) in [6, 6.07) is 6.79. The average Bonchev–Trinajstić information content (AvgIpc) is 3.10. The van der Waals surface area contributed by atoms with Crippen LogP contribution < -0.4 is 0 Å². The Morgan fingerprint density at radius 2 is 1.83 bits per heavy atom. The van der Waals surface area contributed by atoms with Gasteiger partial charge >= 0.3 is 0 Å². The van der Waals surface area contributed by atoms with Crippen molar-refractivity contribution < 1.29 is 9.72 Å². The molecule has 0 saturated carbocycles. The van der Waals surface area contributed by atoms with E-state index in [1.54, 1.807) is 12.1 Å². The number of likely N-dealkylation sites (tertiary alicyclic amines) is 2. The quantitative estimate of drug-likeness (QED) is 0.631. The highest BCUT2D eigenvalue weighted by molar-refractivity contribution is 5.79. The second-order valence-electron chi connectivity index (χ2n) is 6.48. The Hall–Kier alpha value is -1.95. The average molecular weight is 317 g/mol. The third-order valence-corrected chi connectivity index (χ3v) is 4.91. The van der Waals surface area contributed by atoms with Gasteiger partial charge in [-0.2, -0.15) is 0 Å². The van der Waals surface area contributed by atoms with Crippen molar-refractivity contribution in [2.45, 2.75) is 38.1 Å². The summed E-state index contributed by atoms with van der Waals surface area (Å²) in [5.41, 5.74) is 0.900. The molecular formula is C17H23N3O3. The van der Waals surface area contributed by atoms with Crippen molar-refractivity contribution in [3.8, 4) is 0 Å². The van der Waals surface area contributed by atoms with Gasteiger partial charge in [-0.25, -0.2) is 0 Å². The molecule has 1 unspecified atom stereocenters. The number of amides is 1. The Labute approximate surface area is 136 Å². The van der Waals surface area contributed by atoms with Gasteiger partial charge in [0, 0.05) is 31.3 Å². The zero-order valence-electron chi connectivity index (χ0n) is 13.3. The maximum absolute atomic E-state index is 12.5. The summed E-state index contributed by atoms with van der Waals surface area (Å²) >= 11 is 0. The van der Waals surface area contributed by atoms with Gasteiger partial charge in [-0.15, -0.1) is 0 Å². The van der Waals surface area contributed by atoms with E-state index >= 15 is 0 Å². The first kappa shape index (κ1) is 15.9. The molecule has 2 heterocycles. The van der Waals surface area contributed by atoms with Gasteiger partial charge in [-0.05, 0) is 44.3 Å². The first-order valence-corrected chi connectivity index (χ1v) is 8.38. The minimum absolute atomic E-state index is 0.0632. The first-order valence-electron chi connectivity index (χ1n) is 8.38. The van der Waals surface area contributed by atoms with Gasteiger partial charge in [0.2, 0.25) is 5.91 Å². The molecule has 23 heavy (non-hydrogen) atoms. The predicted octanol–water partition coefficient (Wildman–Crippen LogP) is 2.22. The molecule has 0 aromatic heterocycles. The van der Waals surface area contributed by atoms with Crippen LogP contribution in [0.15, 0.2) is 24.3 Å². The van der Waals surface area contributed by atoms with Crippen LogP contribution in [0.3, 0.4) is 0 Å². The summed E-state index contributed by atoms with van der Waals surface area (Å²) in [4.78, 5) is 27.3. The molecule has 1 atom stereocenters. The van der Waals surface area contributed by atoms with Crippen molar-refractivity contribution in [3.63, 3.8) is 0 Å². The van der Waals surface area contributed by atoms with Crippen LogP contribution in [-0.2, 0) is 11.2 Å². The number of rotatable bonds is 4. The topological polar surface area (TPSA) is 66.7 Å². The minimum atomic E-state index is -0.420. The Balaban J connectivity index is 1.57. The van der Waals surface area contributed by atoms with Crippen molar-refractivity contribution >= 4 is 11.6 Å². The molecule has 0 spiro atoms. The van der Waals surface area contributed by atoms with E-state index in [1.165, 1.54) is 31.4 Å². The molecule has 3 rings (SSSR count). The fourth-order valence-corrected chi connectivity index (χ4v) is 3.61. The van der Waals surface area contributed by atoms with E-state index in [-0.39, 0.29) is 11.6 Å². The van der Waals surface area contributed by atoms with E-state index < -0.39 is 4.92 Å². The number of non-ortho nitro benzene ring substituents is 1. The molecule has 2 saturated heterocycles. The Kier molecular flexibility index (Phi) is 4.91. The van der Waals surface area contributed by atoms with Gasteiger partial charge < -0.3 is 4.90 Å². The highest BCUT2D eigenvalue weighted by atomic mass is 16.6. The van der Waals surface area contributed by atoms with Crippen molar-refractivity contribution in [3.05, 3.63) is 39.9 Å². The second kappa shape index (κ2) is 7.08. The SMILES string of the molecule is O=C(Cc1ccc([N+](=O)[O-])cc1)N1CCCC(N2CCCC2)C1. The van der Waals surface area contributed by atoms with Crippen molar-refractivity contribution in [1.29, 1.82) is 0 Å². The maximum Gasteiger partial charge on any atom is 0.269 e. The highest BCUT2D eigenvalue weighted by Crippen LogP contribution is 2.21. The number of nitro groups is 1. The smallest absolute Gasteiger partial charge is 0.269 e. The third-order valence-electron chi connectivity index (χ3n) is 4.91. The number of nitrogens with zero attached hydrogens (tertiary/aromatic N) is 3. The number of carbonyl (C=O) groups is 1. The molecule has 124 valence electrons. The third kappa shape index (κ3) is 3.88. The largest absolute Gasteiger partial charge is 0.341 e. The zero-order valence-corrected chi connectivity index (χ0v) is 13.3. The lowest BCUT2D eigenvalue weighted by Crippen LogP contribution is -2.49. The molecule has 1 aromatic carbocycles. The van der Waals surface area contributed by atoms with E-state index in [1.807, 2.05) is 4.90 Å². The lowest BCUT2D eigenvalue weighted by molar-refractivity contribution is -0.384. The van der Waals surface area contributed by atoms with Crippen LogP contribution in [-0.4, -0.2) is 52.9 Å². The van der Waals surface area contributed by atoms with Crippen LogP contribution >= 0.6 is 0 Å². The molecule has 1 amide bonds. The lowest BCUT2D eigenvalue weighted by Gasteiger charge is -2.37. The normalized spacial score (nSPS) is 22.3. The minimum Gasteiger partial charge on any atom is -0.341 e. The van der Waals surface area contributed by atoms with Crippen molar-refractivity contribution in [2.24, 2.45) is 0 Å². The van der Waals surface area contributed by atoms with Gasteiger partial charge in [-0.1, -0.05) is 12.1 Å². The van der Waals surface area contributed by atoms with Crippen LogP contribution in [0.2, 0.25) is 0 Å². The molecule has 2 aliphatic heterocycles. The zero-order chi connectivity index (χ0) is 16.2. The fourth-order valence-electron chi connectivity index (χ4n) is 3.61. The van der Waals surface area contributed by atoms with E-state index in [9.17, 15) is 14.9 Å². The number of nitro benzene ring substituents is 1. The van der Waals surface area contributed by atoms with Crippen LogP contribution in [0.1, 0.15) is 31.2 Å². The molecular weight excluding hydrogens is 294 g/mol. The Morgan fingerprint density at radius 3 is 2.48 bits per heavy atom. The summed E-state index contributed by atoms with van der Waals surface area (Å²) in [6.07, 6.45) is 5.11. The van der Waals surface area contributed by atoms with Gasteiger partial charge in [0.25, 0.3) is 5.69 Å². The molecule has 0 N–H and O–H groups in total. The van der Waals surface area contributed by atoms with E-state index in [0.29, 0.717) is 12.5 Å². The predicted molar refractivity (Wildman–Crippen MR) is 87.2 cm³/mol. The lowest BCUT2D eigenvalue weighted by atomic mass is 10.0. The number of benzene rings is 1. The monoisotopic (exact) mass is 317 g/mol. The summed E-state index contributed by atoms with van der Waals surface area (Å²) in [5.74, 6) is 0.128. The maximum atomic E-state index is 12.5. The molecule has 1 aromatic rings. The second-order valence-corrected chi connectivity index (χ2v) is 6.48. The van der Waals surface area contributed by atoms with Crippen LogP contribution in [0.25, 0.3) is 0 Å². The van der Waals surface area contributed by atoms with Crippen molar-refractivity contribution in [1.82, 2.24) is 9.80 Å². The molecule has 2 aliphatic rings. The summed E-state index contributed by atoms with van der Waals surface area (Å²) < 4.78 is 0.